The molecule has 0 amide bonds. The van der Waals surface area contributed by atoms with E-state index in [-0.39, 0.29) is 0 Å². The largest absolute Gasteiger partial charge is 0.369 e. The quantitative estimate of drug-likeness (QED) is 0.824. The lowest BCUT2D eigenvalue weighted by molar-refractivity contribution is 0.564. The van der Waals surface area contributed by atoms with Crippen LogP contribution >= 0.6 is 11.6 Å². The average Bonchev–Trinajstić information content (AvgIpc) is 3.11. The second kappa shape index (κ2) is 6.98. The van der Waals surface area contributed by atoms with Crippen molar-refractivity contribution in [1.29, 1.82) is 0 Å². The number of nitrogens with zero attached hydrogens (tertiary/aromatic N) is 2. The zero-order chi connectivity index (χ0) is 17.4. The number of aryl methyl sites for hydroxylation is 1. The van der Waals surface area contributed by atoms with Gasteiger partial charge in [0.1, 0.15) is 0 Å². The molecule has 2 atom stereocenters. The highest BCUT2D eigenvalue weighted by atomic mass is 35.5. The van der Waals surface area contributed by atoms with Crippen LogP contribution in [0.1, 0.15) is 18.4 Å². The summed E-state index contributed by atoms with van der Waals surface area (Å²) in [6.07, 6.45) is 3.39. The molecule has 2 aliphatic rings. The fourth-order valence-corrected chi connectivity index (χ4v) is 4.54. The van der Waals surface area contributed by atoms with Crippen LogP contribution in [-0.2, 0) is 17.5 Å². The van der Waals surface area contributed by atoms with Gasteiger partial charge in [-0.1, -0.05) is 11.6 Å². The van der Waals surface area contributed by atoms with Crippen molar-refractivity contribution in [3.8, 4) is 0 Å². The minimum absolute atomic E-state index is 0.446. The lowest BCUT2D eigenvalue weighted by Gasteiger charge is -2.36. The first kappa shape index (κ1) is 16.9. The third-order valence-corrected chi connectivity index (χ3v) is 6.11. The SMILES string of the molecule is O=S(O)c1ccc(N2CC[C@H](N3CCCc4cc(Cl)ccc43)C2)cc1. The minimum atomic E-state index is -1.91. The van der Waals surface area contributed by atoms with Crippen molar-refractivity contribution >= 4 is 34.1 Å². The minimum Gasteiger partial charge on any atom is -0.369 e. The zero-order valence-electron chi connectivity index (χ0n) is 13.9. The van der Waals surface area contributed by atoms with E-state index in [1.54, 1.807) is 12.1 Å². The van der Waals surface area contributed by atoms with Gasteiger partial charge in [0.15, 0.2) is 11.1 Å². The third-order valence-electron chi connectivity index (χ3n) is 5.20. The Morgan fingerprint density at radius 3 is 2.68 bits per heavy atom. The first-order chi connectivity index (χ1) is 12.1. The van der Waals surface area contributed by atoms with E-state index in [4.69, 9.17) is 16.2 Å². The van der Waals surface area contributed by atoms with Gasteiger partial charge in [0.05, 0.1) is 4.90 Å². The molecule has 0 aromatic heterocycles. The van der Waals surface area contributed by atoms with Crippen molar-refractivity contribution in [3.05, 3.63) is 53.1 Å². The summed E-state index contributed by atoms with van der Waals surface area (Å²) in [4.78, 5) is 5.34. The molecule has 25 heavy (non-hydrogen) atoms. The number of halogens is 1. The standard InChI is InChI=1S/C19H21ClN2O2S/c20-15-3-8-19-14(12-15)2-1-10-22(19)17-9-11-21(13-17)16-4-6-18(7-5-16)25(23)24/h3-8,12,17H,1-2,9-11,13H2,(H,23,24)/t17-/m0/s1. The molecule has 1 N–H and O–H groups in total. The number of benzene rings is 2. The maximum atomic E-state index is 11.1. The molecular weight excluding hydrogens is 356 g/mol. The molecule has 132 valence electrons. The fraction of sp³-hybridized carbons (Fsp3) is 0.368. The van der Waals surface area contributed by atoms with Gasteiger partial charge in [-0.2, -0.15) is 0 Å². The topological polar surface area (TPSA) is 43.8 Å². The van der Waals surface area contributed by atoms with Crippen LogP contribution in [-0.4, -0.2) is 34.4 Å². The van der Waals surface area contributed by atoms with Gasteiger partial charge in [0.2, 0.25) is 0 Å². The zero-order valence-corrected chi connectivity index (χ0v) is 15.5. The van der Waals surface area contributed by atoms with Gasteiger partial charge in [-0.05, 0) is 67.3 Å². The molecule has 4 rings (SSSR count). The Bertz CT molecular complexity index is 797. The van der Waals surface area contributed by atoms with Crippen molar-refractivity contribution in [2.45, 2.75) is 30.2 Å². The van der Waals surface area contributed by atoms with Crippen LogP contribution in [0.15, 0.2) is 47.4 Å². The van der Waals surface area contributed by atoms with Gasteiger partial charge < -0.3 is 14.4 Å². The number of hydrogen-bond acceptors (Lipinski definition) is 3. The van der Waals surface area contributed by atoms with E-state index < -0.39 is 11.1 Å². The summed E-state index contributed by atoms with van der Waals surface area (Å²) in [6.45, 7) is 3.07. The maximum Gasteiger partial charge on any atom is 0.186 e. The Morgan fingerprint density at radius 1 is 1.12 bits per heavy atom. The summed E-state index contributed by atoms with van der Waals surface area (Å²) in [7, 11) is 0. The van der Waals surface area contributed by atoms with E-state index in [0.29, 0.717) is 10.9 Å². The number of rotatable bonds is 3. The van der Waals surface area contributed by atoms with Crippen LogP contribution in [0.4, 0.5) is 11.4 Å². The normalized spacial score (nSPS) is 21.3. The van der Waals surface area contributed by atoms with Crippen LogP contribution in [0.25, 0.3) is 0 Å². The van der Waals surface area contributed by atoms with Gasteiger partial charge in [-0.25, -0.2) is 4.21 Å². The summed E-state index contributed by atoms with van der Waals surface area (Å²) < 4.78 is 20.3. The first-order valence-corrected chi connectivity index (χ1v) is 10.1. The molecule has 6 heteroatoms. The molecule has 0 spiro atoms. The second-order valence-electron chi connectivity index (χ2n) is 6.70. The molecule has 0 radical (unpaired) electrons. The number of anilines is 2. The van der Waals surface area contributed by atoms with Gasteiger partial charge in [0, 0.05) is 42.1 Å². The third kappa shape index (κ3) is 3.41. The lowest BCUT2D eigenvalue weighted by Crippen LogP contribution is -2.40. The second-order valence-corrected chi connectivity index (χ2v) is 8.11. The van der Waals surface area contributed by atoms with Crippen LogP contribution in [0.3, 0.4) is 0 Å². The summed E-state index contributed by atoms with van der Waals surface area (Å²) in [5.41, 5.74) is 3.80. The Hall–Kier alpha value is -1.56. The van der Waals surface area contributed by atoms with Crippen LogP contribution in [0.5, 0.6) is 0 Å². The Labute approximate surface area is 155 Å². The summed E-state index contributed by atoms with van der Waals surface area (Å²) in [5, 5.41) is 0.815. The Balaban J connectivity index is 1.51. The molecule has 1 saturated heterocycles. The highest BCUT2D eigenvalue weighted by Crippen LogP contribution is 2.34. The molecule has 2 aliphatic heterocycles. The van der Waals surface area contributed by atoms with Crippen LogP contribution in [0.2, 0.25) is 5.02 Å². The Morgan fingerprint density at radius 2 is 1.92 bits per heavy atom. The van der Waals surface area contributed by atoms with E-state index in [2.05, 4.69) is 21.9 Å². The van der Waals surface area contributed by atoms with E-state index in [1.807, 2.05) is 18.2 Å². The molecule has 2 heterocycles. The van der Waals surface area contributed by atoms with Crippen LogP contribution in [0, 0.1) is 0 Å². The molecule has 0 bridgehead atoms. The van der Waals surface area contributed by atoms with E-state index >= 15 is 0 Å². The molecule has 4 nitrogen and oxygen atoms in total. The molecular formula is C19H21ClN2O2S. The molecule has 0 aliphatic carbocycles. The summed E-state index contributed by atoms with van der Waals surface area (Å²) in [6, 6.07) is 14.1. The van der Waals surface area contributed by atoms with Crippen molar-refractivity contribution in [1.82, 2.24) is 0 Å². The van der Waals surface area contributed by atoms with Crippen molar-refractivity contribution < 1.29 is 8.76 Å². The smallest absolute Gasteiger partial charge is 0.186 e. The molecule has 1 fully saturated rings. The highest BCUT2D eigenvalue weighted by molar-refractivity contribution is 7.79. The van der Waals surface area contributed by atoms with Crippen molar-refractivity contribution in [2.75, 3.05) is 29.4 Å². The number of hydrogen-bond donors (Lipinski definition) is 1. The predicted molar refractivity (Wildman–Crippen MR) is 103 cm³/mol. The lowest BCUT2D eigenvalue weighted by atomic mass is 9.99. The van der Waals surface area contributed by atoms with E-state index in [9.17, 15) is 4.21 Å². The molecule has 0 saturated carbocycles. The average molecular weight is 377 g/mol. The van der Waals surface area contributed by atoms with Crippen molar-refractivity contribution in [2.24, 2.45) is 0 Å². The monoisotopic (exact) mass is 376 g/mol. The highest BCUT2D eigenvalue weighted by Gasteiger charge is 2.30. The van der Waals surface area contributed by atoms with E-state index in [1.165, 1.54) is 17.7 Å². The summed E-state index contributed by atoms with van der Waals surface area (Å²) in [5.74, 6) is 0. The molecule has 1 unspecified atom stereocenters. The van der Waals surface area contributed by atoms with Crippen LogP contribution < -0.4 is 9.80 Å². The number of fused-ring (bicyclic) bond motifs is 1. The van der Waals surface area contributed by atoms with Crippen molar-refractivity contribution in [3.63, 3.8) is 0 Å². The van der Waals surface area contributed by atoms with Gasteiger partial charge in [0.25, 0.3) is 0 Å². The Kier molecular flexibility index (Phi) is 4.71. The summed E-state index contributed by atoms with van der Waals surface area (Å²) >= 11 is 4.24. The first-order valence-electron chi connectivity index (χ1n) is 8.63. The predicted octanol–water partition coefficient (Wildman–Crippen LogP) is 3.95. The molecule has 2 aromatic rings. The van der Waals surface area contributed by atoms with Gasteiger partial charge in [-0.15, -0.1) is 0 Å². The van der Waals surface area contributed by atoms with E-state index in [0.717, 1.165) is 43.2 Å². The van der Waals surface area contributed by atoms with Gasteiger partial charge >= 0.3 is 0 Å². The molecule has 2 aromatic carbocycles. The fourth-order valence-electron chi connectivity index (χ4n) is 3.98. The van der Waals surface area contributed by atoms with Gasteiger partial charge in [-0.3, -0.25) is 0 Å². The maximum absolute atomic E-state index is 11.1.